The van der Waals surface area contributed by atoms with Gasteiger partial charge in [-0.15, -0.1) is 0 Å². The molecule has 0 radical (unpaired) electrons. The Hall–Kier alpha value is -0.180. The van der Waals surface area contributed by atoms with Crippen LogP contribution < -0.4 is 0 Å². The Morgan fingerprint density at radius 1 is 1.25 bits per heavy atom. The van der Waals surface area contributed by atoms with E-state index in [1.165, 1.54) is 0 Å². The number of halogens is 2. The largest absolute Gasteiger partial charge is 0.396 e. The van der Waals surface area contributed by atoms with Crippen molar-refractivity contribution in [1.29, 1.82) is 0 Å². The van der Waals surface area contributed by atoms with Crippen LogP contribution in [0.2, 0.25) is 0 Å². The molecule has 0 spiro atoms. The standard InChI is InChI=1S/C9H16F2O/c10-9(11)8(5-6-12)7-3-1-2-4-7/h7-9,12H,1-6H2. The van der Waals surface area contributed by atoms with Crippen LogP contribution in [0, 0.1) is 11.8 Å². The molecule has 1 unspecified atom stereocenters. The molecule has 1 saturated carbocycles. The van der Waals surface area contributed by atoms with E-state index in [0.29, 0.717) is 0 Å². The number of aliphatic hydroxyl groups excluding tert-OH is 1. The normalized spacial score (nSPS) is 22.0. The first kappa shape index (κ1) is 9.90. The highest BCUT2D eigenvalue weighted by Gasteiger charge is 2.30. The third-order valence-electron chi connectivity index (χ3n) is 2.79. The van der Waals surface area contributed by atoms with Crippen LogP contribution in [0.3, 0.4) is 0 Å². The summed E-state index contributed by atoms with van der Waals surface area (Å²) in [5, 5.41) is 8.61. The minimum absolute atomic E-state index is 0.106. The van der Waals surface area contributed by atoms with Crippen LogP contribution in [0.1, 0.15) is 32.1 Å². The summed E-state index contributed by atoms with van der Waals surface area (Å²) in [7, 11) is 0. The van der Waals surface area contributed by atoms with E-state index in [0.717, 1.165) is 25.7 Å². The van der Waals surface area contributed by atoms with Gasteiger partial charge in [0.05, 0.1) is 0 Å². The van der Waals surface area contributed by atoms with Crippen molar-refractivity contribution in [3.05, 3.63) is 0 Å². The number of hydrogen-bond acceptors (Lipinski definition) is 1. The lowest BCUT2D eigenvalue weighted by Crippen LogP contribution is -2.21. The molecule has 1 N–H and O–H groups in total. The van der Waals surface area contributed by atoms with Crippen LogP contribution in [0.5, 0.6) is 0 Å². The number of hydrogen-bond donors (Lipinski definition) is 1. The van der Waals surface area contributed by atoms with E-state index in [-0.39, 0.29) is 18.9 Å². The molecule has 0 aromatic rings. The first-order valence-corrected chi connectivity index (χ1v) is 4.64. The van der Waals surface area contributed by atoms with Gasteiger partial charge in [-0.3, -0.25) is 0 Å². The molecule has 1 fully saturated rings. The monoisotopic (exact) mass is 178 g/mol. The highest BCUT2D eigenvalue weighted by atomic mass is 19.3. The summed E-state index contributed by atoms with van der Waals surface area (Å²) in [5.41, 5.74) is 0. The van der Waals surface area contributed by atoms with Gasteiger partial charge >= 0.3 is 0 Å². The molecule has 0 bridgehead atoms. The van der Waals surface area contributed by atoms with Gasteiger partial charge in [-0.05, 0) is 25.2 Å². The zero-order chi connectivity index (χ0) is 8.97. The molecular formula is C9H16F2O. The number of aliphatic hydroxyl groups is 1. The van der Waals surface area contributed by atoms with Crippen LogP contribution >= 0.6 is 0 Å². The maximum absolute atomic E-state index is 12.4. The summed E-state index contributed by atoms with van der Waals surface area (Å²) >= 11 is 0. The fourth-order valence-corrected chi connectivity index (χ4v) is 2.10. The van der Waals surface area contributed by atoms with Gasteiger partial charge in [-0.1, -0.05) is 12.8 Å². The van der Waals surface area contributed by atoms with Gasteiger partial charge in [0.2, 0.25) is 6.43 Å². The van der Waals surface area contributed by atoms with Gasteiger partial charge in [0.25, 0.3) is 0 Å². The Labute approximate surface area is 71.8 Å². The van der Waals surface area contributed by atoms with Gasteiger partial charge < -0.3 is 5.11 Å². The molecule has 0 aromatic heterocycles. The average molecular weight is 178 g/mol. The van der Waals surface area contributed by atoms with E-state index in [2.05, 4.69) is 0 Å². The molecule has 0 amide bonds. The van der Waals surface area contributed by atoms with E-state index in [1.807, 2.05) is 0 Å². The second-order valence-corrected chi connectivity index (χ2v) is 3.56. The molecule has 0 aromatic carbocycles. The van der Waals surface area contributed by atoms with Gasteiger partial charge in [-0.25, -0.2) is 8.78 Å². The van der Waals surface area contributed by atoms with Crippen LogP contribution in [0.4, 0.5) is 8.78 Å². The van der Waals surface area contributed by atoms with Gasteiger partial charge in [-0.2, -0.15) is 0 Å². The summed E-state index contributed by atoms with van der Waals surface area (Å²) in [4.78, 5) is 0. The lowest BCUT2D eigenvalue weighted by molar-refractivity contribution is 0.0294. The van der Waals surface area contributed by atoms with E-state index >= 15 is 0 Å². The van der Waals surface area contributed by atoms with Crippen molar-refractivity contribution in [3.63, 3.8) is 0 Å². The first-order chi connectivity index (χ1) is 5.75. The quantitative estimate of drug-likeness (QED) is 0.701. The van der Waals surface area contributed by atoms with Gasteiger partial charge in [0.1, 0.15) is 0 Å². The number of alkyl halides is 2. The Balaban J connectivity index is 2.40. The Bertz CT molecular complexity index is 122. The summed E-state index contributed by atoms with van der Waals surface area (Å²) < 4.78 is 24.9. The fourth-order valence-electron chi connectivity index (χ4n) is 2.10. The molecule has 1 aliphatic carbocycles. The van der Waals surface area contributed by atoms with Crippen LogP contribution in [-0.2, 0) is 0 Å². The molecule has 72 valence electrons. The predicted octanol–water partition coefficient (Wildman–Crippen LogP) is 2.44. The maximum atomic E-state index is 12.4. The highest BCUT2D eigenvalue weighted by molar-refractivity contribution is 4.76. The Kier molecular flexibility index (Phi) is 3.92. The minimum Gasteiger partial charge on any atom is -0.396 e. The molecule has 0 heterocycles. The zero-order valence-corrected chi connectivity index (χ0v) is 7.18. The molecule has 0 saturated heterocycles. The van der Waals surface area contributed by atoms with Crippen LogP contribution in [0.25, 0.3) is 0 Å². The third kappa shape index (κ3) is 2.41. The van der Waals surface area contributed by atoms with Crippen molar-refractivity contribution in [2.45, 2.75) is 38.5 Å². The molecular weight excluding hydrogens is 162 g/mol. The van der Waals surface area contributed by atoms with Crippen molar-refractivity contribution >= 4 is 0 Å². The average Bonchev–Trinajstić information content (AvgIpc) is 2.51. The fraction of sp³-hybridized carbons (Fsp3) is 1.00. The van der Waals surface area contributed by atoms with Crippen LogP contribution in [-0.4, -0.2) is 18.1 Å². The summed E-state index contributed by atoms with van der Waals surface area (Å²) in [5.74, 6) is -0.394. The van der Waals surface area contributed by atoms with Gasteiger partial charge in [0.15, 0.2) is 0 Å². The van der Waals surface area contributed by atoms with E-state index in [4.69, 9.17) is 5.11 Å². The van der Waals surface area contributed by atoms with E-state index in [1.54, 1.807) is 0 Å². The summed E-state index contributed by atoms with van der Waals surface area (Å²) in [6.45, 7) is -0.106. The second kappa shape index (κ2) is 4.75. The summed E-state index contributed by atoms with van der Waals surface area (Å²) in [6.07, 6.45) is 2.03. The molecule has 1 rings (SSSR count). The highest BCUT2D eigenvalue weighted by Crippen LogP contribution is 2.36. The van der Waals surface area contributed by atoms with Crippen LogP contribution in [0.15, 0.2) is 0 Å². The molecule has 12 heavy (non-hydrogen) atoms. The maximum Gasteiger partial charge on any atom is 0.241 e. The predicted molar refractivity (Wildman–Crippen MR) is 43.2 cm³/mol. The summed E-state index contributed by atoms with van der Waals surface area (Å²) in [6, 6.07) is 0. The zero-order valence-electron chi connectivity index (χ0n) is 7.18. The molecule has 0 aliphatic heterocycles. The molecule has 1 nitrogen and oxygen atoms in total. The smallest absolute Gasteiger partial charge is 0.241 e. The van der Waals surface area contributed by atoms with Crippen molar-refractivity contribution in [2.75, 3.05) is 6.61 Å². The first-order valence-electron chi connectivity index (χ1n) is 4.64. The molecule has 3 heteroatoms. The van der Waals surface area contributed by atoms with E-state index in [9.17, 15) is 8.78 Å². The topological polar surface area (TPSA) is 20.2 Å². The Morgan fingerprint density at radius 2 is 1.83 bits per heavy atom. The Morgan fingerprint density at radius 3 is 2.25 bits per heavy atom. The van der Waals surface area contributed by atoms with Gasteiger partial charge in [0, 0.05) is 12.5 Å². The lowest BCUT2D eigenvalue weighted by Gasteiger charge is -2.21. The van der Waals surface area contributed by atoms with Crippen molar-refractivity contribution in [2.24, 2.45) is 11.8 Å². The van der Waals surface area contributed by atoms with Crippen molar-refractivity contribution < 1.29 is 13.9 Å². The SMILES string of the molecule is OCCC(C(F)F)C1CCCC1. The van der Waals surface area contributed by atoms with Crippen molar-refractivity contribution in [3.8, 4) is 0 Å². The molecule has 1 aliphatic rings. The van der Waals surface area contributed by atoms with E-state index < -0.39 is 12.3 Å². The number of rotatable bonds is 4. The minimum atomic E-state index is -2.25. The second-order valence-electron chi connectivity index (χ2n) is 3.56. The molecule has 1 atom stereocenters. The van der Waals surface area contributed by atoms with Crippen molar-refractivity contribution in [1.82, 2.24) is 0 Å². The lowest BCUT2D eigenvalue weighted by atomic mass is 9.89. The third-order valence-corrected chi connectivity index (χ3v) is 2.79.